The first-order valence-corrected chi connectivity index (χ1v) is 9.67. The normalized spacial score (nSPS) is 24.1. The number of nitrogens with one attached hydrogen (secondary N) is 1. The number of hydrogen-bond donors (Lipinski definition) is 1. The van der Waals surface area contributed by atoms with E-state index in [1.807, 2.05) is 30.3 Å². The van der Waals surface area contributed by atoms with E-state index in [1.165, 1.54) is 18.9 Å². The van der Waals surface area contributed by atoms with E-state index in [0.717, 1.165) is 5.56 Å². The summed E-state index contributed by atoms with van der Waals surface area (Å²) in [5.41, 5.74) is -0.245. The highest BCUT2D eigenvalue weighted by Crippen LogP contribution is 2.43. The molecule has 0 unspecified atom stereocenters. The molecule has 0 aliphatic carbocycles. The lowest BCUT2D eigenvalue weighted by molar-refractivity contribution is -0.153. The molecule has 156 valence electrons. The van der Waals surface area contributed by atoms with Crippen LogP contribution in [0.2, 0.25) is 0 Å². The third-order valence-electron chi connectivity index (χ3n) is 5.60. The van der Waals surface area contributed by atoms with Gasteiger partial charge in [0.2, 0.25) is 17.7 Å². The average Bonchev–Trinajstić information content (AvgIpc) is 3.06. The molecule has 2 aliphatic heterocycles. The number of rotatable bonds is 4. The highest BCUT2D eigenvalue weighted by atomic mass is 16.5. The van der Waals surface area contributed by atoms with Gasteiger partial charge in [-0.25, -0.2) is 0 Å². The maximum atomic E-state index is 13.1. The number of carbonyl (C=O) groups is 4. The van der Waals surface area contributed by atoms with Crippen LogP contribution in [0.15, 0.2) is 30.3 Å². The first kappa shape index (κ1) is 20.8. The molecule has 1 N–H and O–H groups in total. The Morgan fingerprint density at radius 1 is 1.17 bits per heavy atom. The Morgan fingerprint density at radius 3 is 2.41 bits per heavy atom. The van der Waals surface area contributed by atoms with E-state index in [1.54, 1.807) is 18.7 Å². The van der Waals surface area contributed by atoms with Crippen molar-refractivity contribution in [2.75, 3.05) is 20.2 Å². The fraction of sp³-hybridized carbons (Fsp3) is 0.524. The number of ether oxygens (including phenoxy) is 1. The summed E-state index contributed by atoms with van der Waals surface area (Å²) in [6, 6.07) is 8.71. The van der Waals surface area contributed by atoms with Gasteiger partial charge in [0.05, 0.1) is 31.7 Å². The fourth-order valence-electron chi connectivity index (χ4n) is 4.50. The zero-order chi connectivity index (χ0) is 21.3. The molecular formula is C21H27N3O5. The molecule has 8 heteroatoms. The lowest BCUT2D eigenvalue weighted by atomic mass is 9.93. The summed E-state index contributed by atoms with van der Waals surface area (Å²) < 4.78 is 4.99. The molecule has 3 amide bonds. The molecule has 2 aliphatic rings. The Bertz CT molecular complexity index is 823. The average molecular weight is 401 g/mol. The minimum absolute atomic E-state index is 0.0877. The number of esters is 1. The van der Waals surface area contributed by atoms with Gasteiger partial charge in [0.15, 0.2) is 0 Å². The first-order chi connectivity index (χ1) is 13.7. The summed E-state index contributed by atoms with van der Waals surface area (Å²) in [5, 5.41) is 2.63. The van der Waals surface area contributed by atoms with Crippen LogP contribution < -0.4 is 5.32 Å². The second-order valence-corrected chi connectivity index (χ2v) is 8.17. The SMILES string of the molecule is COC(=O)[C@H]1C[C@H]2CN(C(=O)C(C)(C)NC(C)=O)CC(=O)N2[C@H]1c1ccccc1. The predicted molar refractivity (Wildman–Crippen MR) is 104 cm³/mol. The molecule has 1 aromatic carbocycles. The van der Waals surface area contributed by atoms with E-state index in [0.29, 0.717) is 13.0 Å². The van der Waals surface area contributed by atoms with Gasteiger partial charge in [0.25, 0.3) is 0 Å². The second kappa shape index (κ2) is 7.85. The zero-order valence-corrected chi connectivity index (χ0v) is 17.2. The van der Waals surface area contributed by atoms with Gasteiger partial charge < -0.3 is 19.9 Å². The zero-order valence-electron chi connectivity index (χ0n) is 17.2. The molecule has 0 radical (unpaired) electrons. The summed E-state index contributed by atoms with van der Waals surface area (Å²) in [6.07, 6.45) is 0.419. The monoisotopic (exact) mass is 401 g/mol. The molecule has 3 atom stereocenters. The Balaban J connectivity index is 1.88. The number of hydrogen-bond acceptors (Lipinski definition) is 5. The van der Waals surface area contributed by atoms with E-state index >= 15 is 0 Å². The lowest BCUT2D eigenvalue weighted by Gasteiger charge is -2.42. The van der Waals surface area contributed by atoms with Crippen LogP contribution in [-0.4, -0.2) is 65.3 Å². The largest absolute Gasteiger partial charge is 0.469 e. The van der Waals surface area contributed by atoms with Gasteiger partial charge in [-0.3, -0.25) is 19.2 Å². The van der Waals surface area contributed by atoms with Crippen LogP contribution in [-0.2, 0) is 23.9 Å². The Morgan fingerprint density at radius 2 is 1.83 bits per heavy atom. The number of nitrogens with zero attached hydrogens (tertiary/aromatic N) is 2. The van der Waals surface area contributed by atoms with Crippen LogP contribution in [0.5, 0.6) is 0 Å². The van der Waals surface area contributed by atoms with Gasteiger partial charge in [0, 0.05) is 13.5 Å². The molecule has 2 saturated heterocycles. The summed E-state index contributed by atoms with van der Waals surface area (Å²) in [7, 11) is 1.34. The topological polar surface area (TPSA) is 96.0 Å². The van der Waals surface area contributed by atoms with Crippen molar-refractivity contribution < 1.29 is 23.9 Å². The van der Waals surface area contributed by atoms with E-state index in [9.17, 15) is 19.2 Å². The molecule has 0 spiro atoms. The predicted octanol–water partition coefficient (Wildman–Crippen LogP) is 0.875. The van der Waals surface area contributed by atoms with Crippen molar-refractivity contribution in [3.05, 3.63) is 35.9 Å². The summed E-state index contributed by atoms with van der Waals surface area (Å²) in [4.78, 5) is 53.1. The molecule has 2 fully saturated rings. The first-order valence-electron chi connectivity index (χ1n) is 9.67. The maximum absolute atomic E-state index is 13.1. The second-order valence-electron chi connectivity index (χ2n) is 8.17. The minimum atomic E-state index is -1.12. The van der Waals surface area contributed by atoms with Crippen molar-refractivity contribution >= 4 is 23.7 Å². The standard InChI is InChI=1S/C21H27N3O5/c1-13(25)22-21(2,3)20(28)23-11-15-10-16(19(27)29-4)18(24(15)17(26)12-23)14-8-6-5-7-9-14/h5-9,15-16,18H,10-12H2,1-4H3,(H,22,25)/t15-,16-,18-/m0/s1. The Labute approximate surface area is 170 Å². The van der Waals surface area contributed by atoms with E-state index in [2.05, 4.69) is 5.32 Å². The molecule has 29 heavy (non-hydrogen) atoms. The maximum Gasteiger partial charge on any atom is 0.311 e. The van der Waals surface area contributed by atoms with Crippen LogP contribution in [0.4, 0.5) is 0 Å². The van der Waals surface area contributed by atoms with Gasteiger partial charge >= 0.3 is 5.97 Å². The number of carbonyl (C=O) groups excluding carboxylic acids is 4. The van der Waals surface area contributed by atoms with E-state index < -0.39 is 17.5 Å². The van der Waals surface area contributed by atoms with Gasteiger partial charge in [-0.05, 0) is 25.8 Å². The molecular weight excluding hydrogens is 374 g/mol. The third kappa shape index (κ3) is 3.97. The highest BCUT2D eigenvalue weighted by Gasteiger charge is 2.52. The van der Waals surface area contributed by atoms with Gasteiger partial charge in [-0.2, -0.15) is 0 Å². The quantitative estimate of drug-likeness (QED) is 0.756. The van der Waals surface area contributed by atoms with Gasteiger partial charge in [-0.15, -0.1) is 0 Å². The number of fused-ring (bicyclic) bond motifs is 1. The van der Waals surface area contributed by atoms with Gasteiger partial charge in [0.1, 0.15) is 5.54 Å². The summed E-state index contributed by atoms with van der Waals surface area (Å²) >= 11 is 0. The van der Waals surface area contributed by atoms with E-state index in [-0.39, 0.29) is 36.3 Å². The number of piperazine rings is 1. The van der Waals surface area contributed by atoms with Crippen molar-refractivity contribution in [3.8, 4) is 0 Å². The molecule has 0 bridgehead atoms. The van der Waals surface area contributed by atoms with Gasteiger partial charge in [-0.1, -0.05) is 30.3 Å². The van der Waals surface area contributed by atoms with Crippen LogP contribution in [0.1, 0.15) is 38.8 Å². The van der Waals surface area contributed by atoms with E-state index in [4.69, 9.17) is 4.74 Å². The summed E-state index contributed by atoms with van der Waals surface area (Å²) in [6.45, 7) is 4.80. The molecule has 0 aromatic heterocycles. The third-order valence-corrected chi connectivity index (χ3v) is 5.60. The molecule has 0 saturated carbocycles. The fourth-order valence-corrected chi connectivity index (χ4v) is 4.50. The van der Waals surface area contributed by atoms with Crippen LogP contribution in [0, 0.1) is 5.92 Å². The van der Waals surface area contributed by atoms with Crippen molar-refractivity contribution in [1.29, 1.82) is 0 Å². The number of methoxy groups -OCH3 is 1. The Hall–Kier alpha value is -2.90. The van der Waals surface area contributed by atoms with Crippen molar-refractivity contribution in [3.63, 3.8) is 0 Å². The lowest BCUT2D eigenvalue weighted by Crippen LogP contribution is -2.62. The number of benzene rings is 1. The highest BCUT2D eigenvalue weighted by molar-refractivity contribution is 5.94. The molecule has 8 nitrogen and oxygen atoms in total. The summed E-state index contributed by atoms with van der Waals surface area (Å²) in [5.74, 6) is -1.71. The van der Waals surface area contributed by atoms with Crippen LogP contribution in [0.3, 0.4) is 0 Å². The van der Waals surface area contributed by atoms with Crippen molar-refractivity contribution in [1.82, 2.24) is 15.1 Å². The Kier molecular flexibility index (Phi) is 5.64. The smallest absolute Gasteiger partial charge is 0.311 e. The molecule has 1 aromatic rings. The van der Waals surface area contributed by atoms with Crippen molar-refractivity contribution in [2.45, 2.75) is 44.8 Å². The minimum Gasteiger partial charge on any atom is -0.469 e. The van der Waals surface area contributed by atoms with Crippen LogP contribution in [0.25, 0.3) is 0 Å². The van der Waals surface area contributed by atoms with Crippen molar-refractivity contribution in [2.24, 2.45) is 5.92 Å². The molecule has 2 heterocycles. The molecule has 3 rings (SSSR count). The number of amides is 3. The van der Waals surface area contributed by atoms with Crippen LogP contribution >= 0.6 is 0 Å².